The van der Waals surface area contributed by atoms with Crippen molar-refractivity contribution in [2.24, 2.45) is 0 Å². The van der Waals surface area contributed by atoms with Crippen LogP contribution in [0.25, 0.3) is 5.70 Å². The number of rotatable bonds is 7. The molecular formula is C17H22N4O2. The largest absolute Gasteiger partial charge is 0.497 e. The van der Waals surface area contributed by atoms with Crippen molar-refractivity contribution in [3.05, 3.63) is 53.4 Å². The van der Waals surface area contributed by atoms with Crippen LogP contribution in [-0.2, 0) is 11.2 Å². The van der Waals surface area contributed by atoms with Gasteiger partial charge >= 0.3 is 0 Å². The molecule has 0 aliphatic heterocycles. The van der Waals surface area contributed by atoms with Crippen molar-refractivity contribution in [3.63, 3.8) is 0 Å². The third-order valence-electron chi connectivity index (χ3n) is 3.67. The second kappa shape index (κ2) is 7.49. The lowest BCUT2D eigenvalue weighted by molar-refractivity contribution is -0.121. The number of nitrogens with zero attached hydrogens (tertiary/aromatic N) is 1. The van der Waals surface area contributed by atoms with Gasteiger partial charge in [-0.1, -0.05) is 6.58 Å². The molecule has 2 rings (SSSR count). The molecule has 23 heavy (non-hydrogen) atoms. The number of carbonyl (C=O) groups excluding carboxylic acids is 1. The Labute approximate surface area is 135 Å². The second-order valence-corrected chi connectivity index (χ2v) is 5.29. The number of ether oxygens (including phenoxy) is 1. The molecule has 3 N–H and O–H groups in total. The number of hydrazine groups is 1. The van der Waals surface area contributed by atoms with Gasteiger partial charge in [0.1, 0.15) is 5.75 Å². The van der Waals surface area contributed by atoms with Crippen LogP contribution in [0.4, 0.5) is 0 Å². The molecule has 1 amide bonds. The van der Waals surface area contributed by atoms with Gasteiger partial charge in [-0.2, -0.15) is 5.10 Å². The van der Waals surface area contributed by atoms with Crippen LogP contribution in [0.5, 0.6) is 5.75 Å². The van der Waals surface area contributed by atoms with E-state index in [0.29, 0.717) is 18.5 Å². The topological polar surface area (TPSA) is 79.0 Å². The second-order valence-electron chi connectivity index (χ2n) is 5.29. The smallest absolute Gasteiger partial charge is 0.238 e. The van der Waals surface area contributed by atoms with Crippen LogP contribution in [0, 0.1) is 13.8 Å². The van der Waals surface area contributed by atoms with Gasteiger partial charge in [-0.25, -0.2) is 0 Å². The van der Waals surface area contributed by atoms with E-state index in [9.17, 15) is 4.79 Å². The van der Waals surface area contributed by atoms with Crippen LogP contribution in [0.1, 0.15) is 28.9 Å². The molecule has 0 aliphatic rings. The van der Waals surface area contributed by atoms with Gasteiger partial charge in [0.05, 0.1) is 18.5 Å². The van der Waals surface area contributed by atoms with Crippen LogP contribution in [0.2, 0.25) is 0 Å². The fourth-order valence-electron chi connectivity index (χ4n) is 2.25. The Balaban J connectivity index is 1.80. The molecule has 6 nitrogen and oxygen atoms in total. The highest BCUT2D eigenvalue weighted by Gasteiger charge is 2.09. The van der Waals surface area contributed by atoms with E-state index in [2.05, 4.69) is 27.6 Å². The first kappa shape index (κ1) is 16.6. The summed E-state index contributed by atoms with van der Waals surface area (Å²) in [5, 5.41) is 7.05. The van der Waals surface area contributed by atoms with Crippen molar-refractivity contribution in [3.8, 4) is 5.75 Å². The number of nitrogens with one attached hydrogen (secondary N) is 3. The highest BCUT2D eigenvalue weighted by Crippen LogP contribution is 2.15. The summed E-state index contributed by atoms with van der Waals surface area (Å²) >= 11 is 0. The number of amides is 1. The monoisotopic (exact) mass is 314 g/mol. The lowest BCUT2D eigenvalue weighted by Gasteiger charge is -2.11. The minimum Gasteiger partial charge on any atom is -0.497 e. The number of aryl methyl sites for hydroxylation is 2. The van der Waals surface area contributed by atoms with E-state index in [1.54, 1.807) is 7.11 Å². The number of methoxy groups -OCH3 is 1. The Morgan fingerprint density at radius 3 is 2.52 bits per heavy atom. The molecule has 1 aromatic carbocycles. The third-order valence-corrected chi connectivity index (χ3v) is 3.67. The van der Waals surface area contributed by atoms with Crippen molar-refractivity contribution in [2.45, 2.75) is 26.7 Å². The fraction of sp³-hybridized carbons (Fsp3) is 0.294. The summed E-state index contributed by atoms with van der Waals surface area (Å²) in [6.07, 6.45) is 1.03. The Morgan fingerprint density at radius 1 is 1.26 bits per heavy atom. The molecule has 122 valence electrons. The molecule has 0 atom stereocenters. The minimum atomic E-state index is -0.0975. The maximum absolute atomic E-state index is 11.9. The molecule has 0 fully saturated rings. The molecule has 0 saturated carbocycles. The van der Waals surface area contributed by atoms with Gasteiger partial charge in [0.25, 0.3) is 0 Å². The summed E-state index contributed by atoms with van der Waals surface area (Å²) in [6, 6.07) is 7.43. The molecule has 0 bridgehead atoms. The molecule has 0 saturated heterocycles. The summed E-state index contributed by atoms with van der Waals surface area (Å²) in [6.45, 7) is 7.80. The van der Waals surface area contributed by atoms with Crippen molar-refractivity contribution in [1.82, 2.24) is 21.0 Å². The number of aromatic nitrogens is 2. The number of benzene rings is 1. The first-order valence-corrected chi connectivity index (χ1v) is 7.40. The van der Waals surface area contributed by atoms with Gasteiger partial charge in [-0.3, -0.25) is 20.7 Å². The highest BCUT2D eigenvalue weighted by atomic mass is 16.5. The first-order chi connectivity index (χ1) is 11.0. The molecule has 1 heterocycles. The summed E-state index contributed by atoms with van der Waals surface area (Å²) in [5.74, 6) is 0.677. The molecule has 2 aromatic rings. The quantitative estimate of drug-likeness (QED) is 0.685. The number of aromatic amines is 1. The minimum absolute atomic E-state index is 0.0975. The van der Waals surface area contributed by atoms with E-state index < -0.39 is 0 Å². The molecule has 0 unspecified atom stereocenters. The number of hydrogen-bond acceptors (Lipinski definition) is 4. The maximum Gasteiger partial charge on any atom is 0.238 e. The van der Waals surface area contributed by atoms with Crippen molar-refractivity contribution >= 4 is 11.6 Å². The van der Waals surface area contributed by atoms with Crippen LogP contribution < -0.4 is 15.6 Å². The molecule has 0 radical (unpaired) electrons. The lowest BCUT2D eigenvalue weighted by atomic mass is 10.1. The lowest BCUT2D eigenvalue weighted by Crippen LogP contribution is -2.36. The SMILES string of the molecule is C=C(NNC(=O)CCc1c(C)n[nH]c1C)c1ccc(OC)cc1. The van der Waals surface area contributed by atoms with E-state index in [1.807, 2.05) is 38.1 Å². The van der Waals surface area contributed by atoms with E-state index >= 15 is 0 Å². The van der Waals surface area contributed by atoms with Crippen molar-refractivity contribution < 1.29 is 9.53 Å². The van der Waals surface area contributed by atoms with Gasteiger partial charge in [-0.15, -0.1) is 0 Å². The number of hydrogen-bond donors (Lipinski definition) is 3. The van der Waals surface area contributed by atoms with E-state index in [0.717, 1.165) is 28.3 Å². The van der Waals surface area contributed by atoms with Crippen molar-refractivity contribution in [2.75, 3.05) is 7.11 Å². The number of H-pyrrole nitrogens is 1. The fourth-order valence-corrected chi connectivity index (χ4v) is 2.25. The van der Waals surface area contributed by atoms with E-state index in [-0.39, 0.29) is 5.91 Å². The van der Waals surface area contributed by atoms with Crippen molar-refractivity contribution in [1.29, 1.82) is 0 Å². The Bertz CT molecular complexity index is 670. The van der Waals surface area contributed by atoms with Crippen LogP contribution >= 0.6 is 0 Å². The predicted molar refractivity (Wildman–Crippen MR) is 89.7 cm³/mol. The third kappa shape index (κ3) is 4.35. The predicted octanol–water partition coefficient (Wildman–Crippen LogP) is 2.26. The molecule has 6 heteroatoms. The van der Waals surface area contributed by atoms with Gasteiger partial charge < -0.3 is 4.74 Å². The summed E-state index contributed by atoms with van der Waals surface area (Å²) in [4.78, 5) is 11.9. The average molecular weight is 314 g/mol. The first-order valence-electron chi connectivity index (χ1n) is 7.40. The Kier molecular flexibility index (Phi) is 5.41. The zero-order valence-electron chi connectivity index (χ0n) is 13.7. The van der Waals surface area contributed by atoms with Crippen LogP contribution in [0.15, 0.2) is 30.8 Å². The van der Waals surface area contributed by atoms with Gasteiger partial charge in [0.2, 0.25) is 5.91 Å². The zero-order chi connectivity index (χ0) is 16.8. The normalized spacial score (nSPS) is 10.2. The molecule has 0 aliphatic carbocycles. The molecule has 1 aromatic heterocycles. The van der Waals surface area contributed by atoms with Crippen LogP contribution in [-0.4, -0.2) is 23.2 Å². The van der Waals surface area contributed by atoms with E-state index in [1.165, 1.54) is 0 Å². The maximum atomic E-state index is 11.9. The molecule has 0 spiro atoms. The zero-order valence-corrected chi connectivity index (χ0v) is 13.7. The highest BCUT2D eigenvalue weighted by molar-refractivity contribution is 5.77. The van der Waals surface area contributed by atoms with Gasteiger partial charge in [0, 0.05) is 12.1 Å². The average Bonchev–Trinajstić information content (AvgIpc) is 2.89. The number of carbonyl (C=O) groups is 1. The summed E-state index contributed by atoms with van der Waals surface area (Å²) in [5.41, 5.74) is 10.0. The standard InChI is InChI=1S/C17H22N4O2/c1-11(14-5-7-15(23-4)8-6-14)18-21-17(22)10-9-16-12(2)19-20-13(16)3/h5-8,18H,1,9-10H2,2-4H3,(H,19,20)(H,21,22). The van der Waals surface area contributed by atoms with Gasteiger partial charge in [-0.05, 0) is 55.7 Å². The summed E-state index contributed by atoms with van der Waals surface area (Å²) < 4.78 is 5.11. The Hall–Kier alpha value is -2.76. The van der Waals surface area contributed by atoms with E-state index in [4.69, 9.17) is 4.74 Å². The summed E-state index contributed by atoms with van der Waals surface area (Å²) in [7, 11) is 1.62. The van der Waals surface area contributed by atoms with Gasteiger partial charge in [0.15, 0.2) is 0 Å². The Morgan fingerprint density at radius 2 is 1.96 bits per heavy atom. The van der Waals surface area contributed by atoms with Crippen LogP contribution in [0.3, 0.4) is 0 Å². The molecular weight excluding hydrogens is 292 g/mol.